The van der Waals surface area contributed by atoms with Gasteiger partial charge in [-0.05, 0) is 32.0 Å². The van der Waals surface area contributed by atoms with Crippen molar-refractivity contribution in [2.45, 2.75) is 20.4 Å². The van der Waals surface area contributed by atoms with Crippen LogP contribution in [-0.4, -0.2) is 20.7 Å². The number of nitrogens with zero attached hydrogens (tertiary/aromatic N) is 3. The van der Waals surface area contributed by atoms with Crippen LogP contribution in [0.2, 0.25) is 0 Å². The lowest BCUT2D eigenvalue weighted by Gasteiger charge is -2.08. The van der Waals surface area contributed by atoms with Crippen LogP contribution in [-0.2, 0) is 11.3 Å². The van der Waals surface area contributed by atoms with Gasteiger partial charge in [-0.25, -0.2) is 0 Å². The van der Waals surface area contributed by atoms with Gasteiger partial charge in [-0.3, -0.25) is 14.5 Å². The highest BCUT2D eigenvalue weighted by atomic mass is 16.2. The van der Waals surface area contributed by atoms with Gasteiger partial charge < -0.3 is 11.1 Å². The number of hydrogen-bond acceptors (Lipinski definition) is 4. The predicted octanol–water partition coefficient (Wildman–Crippen LogP) is 1.12. The smallest absolute Gasteiger partial charge is 0.246 e. The molecular formula is C12H15N5O. The highest BCUT2D eigenvalue weighted by molar-refractivity contribution is 5.91. The lowest BCUT2D eigenvalue weighted by atomic mass is 10.2. The van der Waals surface area contributed by atoms with E-state index in [4.69, 9.17) is 5.73 Å². The molecule has 3 N–H and O–H groups in total. The van der Waals surface area contributed by atoms with Gasteiger partial charge >= 0.3 is 0 Å². The van der Waals surface area contributed by atoms with Gasteiger partial charge in [0, 0.05) is 11.9 Å². The Morgan fingerprint density at radius 3 is 2.78 bits per heavy atom. The molecule has 0 fully saturated rings. The Bertz CT molecular complexity index is 576. The van der Waals surface area contributed by atoms with Gasteiger partial charge in [0.2, 0.25) is 5.91 Å². The van der Waals surface area contributed by atoms with Crippen LogP contribution in [0.25, 0.3) is 0 Å². The van der Waals surface area contributed by atoms with E-state index in [0.29, 0.717) is 11.5 Å². The molecule has 94 valence electrons. The topological polar surface area (TPSA) is 85.8 Å². The molecule has 2 aromatic heterocycles. The first-order valence-electron chi connectivity index (χ1n) is 5.57. The van der Waals surface area contributed by atoms with Crippen LogP contribution in [0.15, 0.2) is 24.4 Å². The second-order valence-corrected chi connectivity index (χ2v) is 4.07. The molecule has 6 heteroatoms. The molecule has 0 aliphatic heterocycles. The molecule has 2 rings (SSSR count). The minimum absolute atomic E-state index is 0.129. The minimum atomic E-state index is -0.160. The van der Waals surface area contributed by atoms with Crippen molar-refractivity contribution in [1.82, 2.24) is 14.8 Å². The monoisotopic (exact) mass is 245 g/mol. The normalized spacial score (nSPS) is 10.3. The average molecular weight is 245 g/mol. The summed E-state index contributed by atoms with van der Waals surface area (Å²) in [6, 6.07) is 5.34. The molecule has 1 amide bonds. The summed E-state index contributed by atoms with van der Waals surface area (Å²) < 4.78 is 1.49. The van der Waals surface area contributed by atoms with E-state index in [1.165, 1.54) is 4.68 Å². The average Bonchev–Trinajstić information content (AvgIpc) is 2.68. The second kappa shape index (κ2) is 4.87. The molecule has 0 saturated carbocycles. The summed E-state index contributed by atoms with van der Waals surface area (Å²) in [6.07, 6.45) is 1.66. The van der Waals surface area contributed by atoms with E-state index < -0.39 is 0 Å². The molecule has 0 saturated heterocycles. The van der Waals surface area contributed by atoms with Crippen LogP contribution in [0.1, 0.15) is 11.4 Å². The number of rotatable bonds is 3. The highest BCUT2D eigenvalue weighted by Crippen LogP contribution is 2.12. The first kappa shape index (κ1) is 12.1. The molecule has 0 bridgehead atoms. The number of aromatic nitrogens is 3. The summed E-state index contributed by atoms with van der Waals surface area (Å²) in [5.41, 5.74) is 7.90. The number of hydrogen-bond donors (Lipinski definition) is 2. The Morgan fingerprint density at radius 2 is 2.17 bits per heavy atom. The summed E-state index contributed by atoms with van der Waals surface area (Å²) in [6.45, 7) is 3.89. The van der Waals surface area contributed by atoms with E-state index in [-0.39, 0.29) is 12.5 Å². The van der Waals surface area contributed by atoms with Gasteiger partial charge in [-0.1, -0.05) is 0 Å². The third-order valence-electron chi connectivity index (χ3n) is 2.47. The third kappa shape index (κ3) is 2.85. The van der Waals surface area contributed by atoms with E-state index in [1.54, 1.807) is 12.3 Å². The van der Waals surface area contributed by atoms with E-state index >= 15 is 0 Å². The Hall–Kier alpha value is -2.37. The van der Waals surface area contributed by atoms with Crippen molar-refractivity contribution in [2.75, 3.05) is 11.1 Å². The molecule has 0 radical (unpaired) electrons. The Labute approximate surface area is 105 Å². The molecular weight excluding hydrogens is 230 g/mol. The molecule has 0 aliphatic carbocycles. The lowest BCUT2D eigenvalue weighted by molar-refractivity contribution is -0.116. The van der Waals surface area contributed by atoms with Crippen LogP contribution < -0.4 is 11.1 Å². The molecule has 0 atom stereocenters. The fourth-order valence-corrected chi connectivity index (χ4v) is 1.62. The molecule has 18 heavy (non-hydrogen) atoms. The summed E-state index contributed by atoms with van der Waals surface area (Å²) in [5.74, 6) is 0.239. The van der Waals surface area contributed by atoms with Crippen LogP contribution in [0, 0.1) is 13.8 Å². The number of nitrogens with two attached hydrogens (primary N) is 1. The number of anilines is 2. The number of nitrogen functional groups attached to an aromatic ring is 1. The number of pyridine rings is 1. The number of carbonyl (C=O) groups is 1. The van der Waals surface area contributed by atoms with E-state index in [1.807, 2.05) is 26.0 Å². The number of amides is 1. The summed E-state index contributed by atoms with van der Waals surface area (Å²) in [5, 5.41) is 6.74. The fraction of sp³-hybridized carbons (Fsp3) is 0.250. The highest BCUT2D eigenvalue weighted by Gasteiger charge is 2.07. The molecule has 2 heterocycles. The van der Waals surface area contributed by atoms with Crippen molar-refractivity contribution >= 4 is 17.4 Å². The number of nitrogens with one attached hydrogen (secondary N) is 1. The zero-order valence-electron chi connectivity index (χ0n) is 10.3. The standard InChI is InChI=1S/C12H15N5O/c1-8-3-4-10(9(2)14-8)15-12(18)7-17-6-5-11(13)16-17/h3-6H,7H2,1-2H3,(H2,13,16)(H,15,18). The van der Waals surface area contributed by atoms with Crippen LogP contribution >= 0.6 is 0 Å². The minimum Gasteiger partial charge on any atom is -0.382 e. The maximum atomic E-state index is 11.8. The van der Waals surface area contributed by atoms with Crippen molar-refractivity contribution in [3.63, 3.8) is 0 Å². The molecule has 0 spiro atoms. The van der Waals surface area contributed by atoms with Crippen molar-refractivity contribution in [2.24, 2.45) is 0 Å². The van der Waals surface area contributed by atoms with Gasteiger partial charge in [-0.2, -0.15) is 5.10 Å². The van der Waals surface area contributed by atoms with E-state index in [0.717, 1.165) is 11.4 Å². The zero-order valence-corrected chi connectivity index (χ0v) is 10.3. The summed E-state index contributed by atoms with van der Waals surface area (Å²) >= 11 is 0. The van der Waals surface area contributed by atoms with Gasteiger partial charge in [-0.15, -0.1) is 0 Å². The molecule has 0 aliphatic rings. The van der Waals surface area contributed by atoms with Gasteiger partial charge in [0.05, 0.1) is 11.4 Å². The van der Waals surface area contributed by atoms with Crippen molar-refractivity contribution in [3.05, 3.63) is 35.8 Å². The lowest BCUT2D eigenvalue weighted by Crippen LogP contribution is -2.20. The van der Waals surface area contributed by atoms with Crippen molar-refractivity contribution in [3.8, 4) is 0 Å². The predicted molar refractivity (Wildman–Crippen MR) is 69.0 cm³/mol. The van der Waals surface area contributed by atoms with Crippen molar-refractivity contribution < 1.29 is 4.79 Å². The van der Waals surface area contributed by atoms with Crippen LogP contribution in [0.5, 0.6) is 0 Å². The van der Waals surface area contributed by atoms with E-state index in [9.17, 15) is 4.79 Å². The maximum Gasteiger partial charge on any atom is 0.246 e. The van der Waals surface area contributed by atoms with Crippen LogP contribution in [0.3, 0.4) is 0 Å². The summed E-state index contributed by atoms with van der Waals surface area (Å²) in [4.78, 5) is 16.1. The van der Waals surface area contributed by atoms with E-state index in [2.05, 4.69) is 15.4 Å². The third-order valence-corrected chi connectivity index (χ3v) is 2.47. The Balaban J connectivity index is 2.03. The fourth-order valence-electron chi connectivity index (χ4n) is 1.62. The maximum absolute atomic E-state index is 11.8. The molecule has 0 aromatic carbocycles. The quantitative estimate of drug-likeness (QED) is 0.848. The SMILES string of the molecule is Cc1ccc(NC(=O)Cn2ccc(N)n2)c(C)n1. The zero-order chi connectivity index (χ0) is 13.1. The van der Waals surface area contributed by atoms with Gasteiger partial charge in [0.25, 0.3) is 0 Å². The first-order valence-corrected chi connectivity index (χ1v) is 5.57. The second-order valence-electron chi connectivity index (χ2n) is 4.07. The molecule has 6 nitrogen and oxygen atoms in total. The molecule has 0 unspecified atom stereocenters. The van der Waals surface area contributed by atoms with Crippen LogP contribution in [0.4, 0.5) is 11.5 Å². The largest absolute Gasteiger partial charge is 0.382 e. The Kier molecular flexibility index (Phi) is 3.27. The van der Waals surface area contributed by atoms with Gasteiger partial charge in [0.1, 0.15) is 12.4 Å². The van der Waals surface area contributed by atoms with Crippen molar-refractivity contribution in [1.29, 1.82) is 0 Å². The molecule has 2 aromatic rings. The first-order chi connectivity index (χ1) is 8.54. The Morgan fingerprint density at radius 1 is 1.39 bits per heavy atom. The summed E-state index contributed by atoms with van der Waals surface area (Å²) in [7, 11) is 0. The number of aryl methyl sites for hydroxylation is 2. The van der Waals surface area contributed by atoms with Gasteiger partial charge in [0.15, 0.2) is 0 Å². The number of carbonyl (C=O) groups excluding carboxylic acids is 1.